The van der Waals surface area contributed by atoms with Crippen molar-refractivity contribution in [2.24, 2.45) is 0 Å². The van der Waals surface area contributed by atoms with E-state index in [0.29, 0.717) is 6.61 Å². The lowest BCUT2D eigenvalue weighted by Crippen LogP contribution is -2.20. The van der Waals surface area contributed by atoms with Gasteiger partial charge in [-0.3, -0.25) is 4.79 Å². The zero-order valence-electron chi connectivity index (χ0n) is 17.5. The lowest BCUT2D eigenvalue weighted by atomic mass is 10.2. The van der Waals surface area contributed by atoms with E-state index in [-0.39, 0.29) is 5.91 Å². The molecule has 0 saturated carbocycles. The number of benzene rings is 2. The summed E-state index contributed by atoms with van der Waals surface area (Å²) in [4.78, 5) is 15.8. The number of hydrogen-bond donors (Lipinski definition) is 1. The molecule has 29 heavy (non-hydrogen) atoms. The third-order valence-corrected chi connectivity index (χ3v) is 5.00. The Balaban J connectivity index is 1.53. The fraction of sp³-hybridized carbons (Fsp3) is 0.417. The van der Waals surface area contributed by atoms with Crippen LogP contribution in [-0.4, -0.2) is 28.6 Å². The lowest BCUT2D eigenvalue weighted by molar-refractivity contribution is -0.118. The van der Waals surface area contributed by atoms with E-state index in [1.807, 2.05) is 18.2 Å². The number of nitrogens with one attached hydrogen (secondary N) is 1. The Morgan fingerprint density at radius 2 is 1.83 bits per heavy atom. The van der Waals surface area contributed by atoms with Crippen molar-refractivity contribution in [3.05, 3.63) is 59.9 Å². The summed E-state index contributed by atoms with van der Waals surface area (Å²) in [6, 6.07) is 16.5. The second-order valence-electron chi connectivity index (χ2n) is 7.48. The Morgan fingerprint density at radius 1 is 1.03 bits per heavy atom. The highest BCUT2D eigenvalue weighted by Crippen LogP contribution is 2.19. The van der Waals surface area contributed by atoms with E-state index in [1.54, 1.807) is 6.92 Å². The third kappa shape index (κ3) is 6.34. The van der Waals surface area contributed by atoms with Crippen molar-refractivity contribution in [2.45, 2.75) is 52.5 Å². The molecule has 5 heteroatoms. The van der Waals surface area contributed by atoms with E-state index >= 15 is 0 Å². The number of ether oxygens (including phenoxy) is 1. The fourth-order valence-corrected chi connectivity index (χ4v) is 3.46. The molecule has 0 atom stereocenters. The van der Waals surface area contributed by atoms with Crippen molar-refractivity contribution in [1.82, 2.24) is 14.9 Å². The van der Waals surface area contributed by atoms with Crippen LogP contribution in [0.15, 0.2) is 48.5 Å². The molecule has 2 aromatic carbocycles. The number of carbonyl (C=O) groups excluding carboxylic acids is 1. The molecule has 1 aromatic heterocycles. The molecule has 1 amide bonds. The van der Waals surface area contributed by atoms with Gasteiger partial charge in [-0.15, -0.1) is 0 Å². The van der Waals surface area contributed by atoms with Crippen LogP contribution in [0.25, 0.3) is 11.0 Å². The number of carbonyl (C=O) groups is 1. The number of rotatable bonds is 11. The van der Waals surface area contributed by atoms with E-state index in [0.717, 1.165) is 62.3 Å². The van der Waals surface area contributed by atoms with E-state index in [1.165, 1.54) is 11.1 Å². The van der Waals surface area contributed by atoms with Crippen LogP contribution in [-0.2, 0) is 17.8 Å². The van der Waals surface area contributed by atoms with Gasteiger partial charge in [0, 0.05) is 26.4 Å². The normalized spacial score (nSPS) is 11.0. The summed E-state index contributed by atoms with van der Waals surface area (Å²) in [5, 5.41) is 2.85. The van der Waals surface area contributed by atoms with E-state index < -0.39 is 0 Å². The Labute approximate surface area is 173 Å². The Kier molecular flexibility index (Phi) is 7.68. The van der Waals surface area contributed by atoms with Gasteiger partial charge in [0.15, 0.2) is 0 Å². The molecule has 0 saturated heterocycles. The second kappa shape index (κ2) is 10.6. The first-order chi connectivity index (χ1) is 14.1. The number of unbranched alkanes of at least 4 members (excludes halogenated alkanes) is 2. The Morgan fingerprint density at radius 3 is 2.62 bits per heavy atom. The summed E-state index contributed by atoms with van der Waals surface area (Å²) in [5.41, 5.74) is 3.49. The molecule has 3 aromatic rings. The monoisotopic (exact) mass is 393 g/mol. The zero-order chi connectivity index (χ0) is 20.5. The highest BCUT2D eigenvalue weighted by atomic mass is 16.5. The van der Waals surface area contributed by atoms with Crippen molar-refractivity contribution >= 4 is 16.9 Å². The molecule has 0 spiro atoms. The van der Waals surface area contributed by atoms with Crippen LogP contribution < -0.4 is 10.1 Å². The largest absolute Gasteiger partial charge is 0.494 e. The highest BCUT2D eigenvalue weighted by Gasteiger charge is 2.10. The SMILES string of the molecule is CC(=O)NCCCCCc1nc2ccccc2n1CCCOc1ccc(C)cc1. The summed E-state index contributed by atoms with van der Waals surface area (Å²) >= 11 is 0. The van der Waals surface area contributed by atoms with Crippen LogP contribution in [0.1, 0.15) is 44.0 Å². The van der Waals surface area contributed by atoms with E-state index in [4.69, 9.17) is 9.72 Å². The molecule has 0 aliphatic rings. The molecule has 5 nitrogen and oxygen atoms in total. The molecule has 3 rings (SSSR count). The van der Waals surface area contributed by atoms with Crippen LogP contribution in [0.5, 0.6) is 5.75 Å². The summed E-state index contributed by atoms with van der Waals surface area (Å²) in [6.07, 6.45) is 5.05. The van der Waals surface area contributed by atoms with Gasteiger partial charge in [0.25, 0.3) is 0 Å². The highest BCUT2D eigenvalue weighted by molar-refractivity contribution is 5.75. The minimum absolute atomic E-state index is 0.0413. The number of fused-ring (bicyclic) bond motifs is 1. The molecular formula is C24H31N3O2. The first kappa shape index (κ1) is 20.9. The van der Waals surface area contributed by atoms with Gasteiger partial charge in [-0.2, -0.15) is 0 Å². The van der Waals surface area contributed by atoms with Crippen molar-refractivity contribution in [1.29, 1.82) is 0 Å². The summed E-state index contributed by atoms with van der Waals surface area (Å²) < 4.78 is 8.22. The summed E-state index contributed by atoms with van der Waals surface area (Å²) in [6.45, 7) is 5.97. The predicted molar refractivity (Wildman–Crippen MR) is 117 cm³/mol. The molecule has 1 heterocycles. The average Bonchev–Trinajstić information content (AvgIpc) is 3.06. The maximum atomic E-state index is 10.9. The Hall–Kier alpha value is -2.82. The van der Waals surface area contributed by atoms with Gasteiger partial charge in [0.2, 0.25) is 5.91 Å². The molecule has 0 unspecified atom stereocenters. The molecule has 0 fully saturated rings. The van der Waals surface area contributed by atoms with Crippen LogP contribution in [0.4, 0.5) is 0 Å². The first-order valence-corrected chi connectivity index (χ1v) is 10.5. The molecule has 0 radical (unpaired) electrons. The van der Waals surface area contributed by atoms with E-state index in [9.17, 15) is 4.79 Å². The third-order valence-electron chi connectivity index (χ3n) is 5.00. The van der Waals surface area contributed by atoms with Crippen LogP contribution in [0.3, 0.4) is 0 Å². The maximum absolute atomic E-state index is 10.9. The molecular weight excluding hydrogens is 362 g/mol. The number of aryl methyl sites for hydroxylation is 3. The minimum atomic E-state index is 0.0413. The number of nitrogens with zero attached hydrogens (tertiary/aromatic N) is 2. The molecule has 1 N–H and O–H groups in total. The molecule has 154 valence electrons. The van der Waals surface area contributed by atoms with Gasteiger partial charge in [-0.25, -0.2) is 4.98 Å². The molecule has 0 aliphatic carbocycles. The van der Waals surface area contributed by atoms with Gasteiger partial charge < -0.3 is 14.6 Å². The molecule has 0 aliphatic heterocycles. The van der Waals surface area contributed by atoms with Gasteiger partial charge in [-0.05, 0) is 50.5 Å². The lowest BCUT2D eigenvalue weighted by Gasteiger charge is -2.11. The van der Waals surface area contributed by atoms with Crippen molar-refractivity contribution in [2.75, 3.05) is 13.2 Å². The summed E-state index contributed by atoms with van der Waals surface area (Å²) in [7, 11) is 0. The van der Waals surface area contributed by atoms with E-state index in [2.05, 4.69) is 47.1 Å². The fourth-order valence-electron chi connectivity index (χ4n) is 3.46. The van der Waals surface area contributed by atoms with Crippen LogP contribution in [0.2, 0.25) is 0 Å². The number of para-hydroxylation sites is 2. The van der Waals surface area contributed by atoms with Gasteiger partial charge >= 0.3 is 0 Å². The van der Waals surface area contributed by atoms with Crippen molar-refractivity contribution in [3.8, 4) is 5.75 Å². The smallest absolute Gasteiger partial charge is 0.216 e. The quantitative estimate of drug-likeness (QED) is 0.482. The van der Waals surface area contributed by atoms with Crippen LogP contribution in [0, 0.1) is 6.92 Å². The van der Waals surface area contributed by atoms with Crippen molar-refractivity contribution in [3.63, 3.8) is 0 Å². The predicted octanol–water partition coefficient (Wildman–Crippen LogP) is 4.66. The number of amides is 1. The Bertz CT molecular complexity index is 916. The second-order valence-corrected chi connectivity index (χ2v) is 7.48. The zero-order valence-corrected chi connectivity index (χ0v) is 17.5. The minimum Gasteiger partial charge on any atom is -0.494 e. The summed E-state index contributed by atoms with van der Waals surface area (Å²) in [5.74, 6) is 2.10. The van der Waals surface area contributed by atoms with Gasteiger partial charge in [-0.1, -0.05) is 36.2 Å². The number of hydrogen-bond acceptors (Lipinski definition) is 3. The first-order valence-electron chi connectivity index (χ1n) is 10.5. The average molecular weight is 394 g/mol. The standard InChI is InChI=1S/C24H31N3O2/c1-19-12-14-21(15-13-19)29-18-8-17-27-23-10-6-5-9-22(23)26-24(27)11-4-3-7-16-25-20(2)28/h5-6,9-10,12-15H,3-4,7-8,11,16-18H2,1-2H3,(H,25,28). The number of aromatic nitrogens is 2. The van der Waals surface area contributed by atoms with Crippen molar-refractivity contribution < 1.29 is 9.53 Å². The van der Waals surface area contributed by atoms with Gasteiger partial charge in [0.1, 0.15) is 11.6 Å². The maximum Gasteiger partial charge on any atom is 0.216 e. The van der Waals surface area contributed by atoms with Gasteiger partial charge in [0.05, 0.1) is 17.6 Å². The topological polar surface area (TPSA) is 56.2 Å². The molecule has 0 bridgehead atoms. The van der Waals surface area contributed by atoms with Crippen LogP contribution >= 0.6 is 0 Å². The number of imidazole rings is 1.